The van der Waals surface area contributed by atoms with Gasteiger partial charge in [-0.15, -0.1) is 0 Å². The lowest BCUT2D eigenvalue weighted by molar-refractivity contribution is 0.463. The monoisotopic (exact) mass is 268 g/mol. The fourth-order valence-corrected chi connectivity index (χ4v) is 5.06. The first kappa shape index (κ1) is 12.2. The van der Waals surface area contributed by atoms with E-state index in [2.05, 4.69) is 16.5 Å². The van der Waals surface area contributed by atoms with Gasteiger partial charge in [-0.25, -0.2) is 13.4 Å². The van der Waals surface area contributed by atoms with Gasteiger partial charge in [0.2, 0.25) is 0 Å². The molecule has 2 aliphatic rings. The number of sulfone groups is 1. The second-order valence-corrected chi connectivity index (χ2v) is 7.92. The van der Waals surface area contributed by atoms with Gasteiger partial charge in [0.05, 0.1) is 11.4 Å². The van der Waals surface area contributed by atoms with Crippen molar-refractivity contribution >= 4 is 9.84 Å². The van der Waals surface area contributed by atoms with E-state index in [1.165, 1.54) is 6.42 Å². The van der Waals surface area contributed by atoms with Crippen LogP contribution in [0.15, 0.2) is 6.20 Å². The number of hydrogen-bond acceptors (Lipinski definition) is 3. The van der Waals surface area contributed by atoms with Crippen molar-refractivity contribution in [3.8, 4) is 0 Å². The van der Waals surface area contributed by atoms with Crippen LogP contribution in [0.2, 0.25) is 0 Å². The first-order valence-corrected chi connectivity index (χ1v) is 8.58. The second-order valence-electron chi connectivity index (χ2n) is 5.61. The van der Waals surface area contributed by atoms with Gasteiger partial charge in [-0.2, -0.15) is 0 Å². The highest BCUT2D eigenvalue weighted by Crippen LogP contribution is 2.35. The van der Waals surface area contributed by atoms with E-state index in [-0.39, 0.29) is 5.25 Å². The number of aryl methyl sites for hydroxylation is 1. The molecule has 0 spiro atoms. The molecule has 1 aromatic heterocycles. The van der Waals surface area contributed by atoms with Gasteiger partial charge in [0.25, 0.3) is 0 Å². The van der Waals surface area contributed by atoms with Crippen molar-refractivity contribution in [2.75, 3.05) is 5.75 Å². The summed E-state index contributed by atoms with van der Waals surface area (Å²) in [7, 11) is -2.97. The van der Waals surface area contributed by atoms with Gasteiger partial charge in [-0.3, -0.25) is 0 Å². The quantitative estimate of drug-likeness (QED) is 0.786. The summed E-state index contributed by atoms with van der Waals surface area (Å²) in [6.07, 6.45) is 6.87. The first-order chi connectivity index (χ1) is 8.58. The van der Waals surface area contributed by atoms with Crippen molar-refractivity contribution in [3.63, 3.8) is 0 Å². The highest BCUT2D eigenvalue weighted by Gasteiger charge is 2.33. The third kappa shape index (κ3) is 1.98. The molecule has 0 radical (unpaired) electrons. The number of imidazole rings is 1. The van der Waals surface area contributed by atoms with Gasteiger partial charge >= 0.3 is 0 Å². The van der Waals surface area contributed by atoms with Crippen molar-refractivity contribution in [3.05, 3.63) is 17.7 Å². The largest absolute Gasteiger partial charge is 0.334 e. The third-order valence-corrected chi connectivity index (χ3v) is 6.41. The molecule has 1 fully saturated rings. The van der Waals surface area contributed by atoms with Gasteiger partial charge < -0.3 is 4.57 Å². The van der Waals surface area contributed by atoms with Crippen LogP contribution in [0, 0.1) is 0 Å². The molecule has 0 amide bonds. The van der Waals surface area contributed by atoms with Crippen LogP contribution in [0.4, 0.5) is 0 Å². The van der Waals surface area contributed by atoms with Crippen LogP contribution in [0.3, 0.4) is 0 Å². The fraction of sp³-hybridized carbons (Fsp3) is 0.769. The summed E-state index contributed by atoms with van der Waals surface area (Å²) in [5, 5.41) is -0.350. The molecule has 4 nitrogen and oxygen atoms in total. The predicted molar refractivity (Wildman–Crippen MR) is 70.3 cm³/mol. The zero-order chi connectivity index (χ0) is 12.8. The van der Waals surface area contributed by atoms with E-state index in [0.717, 1.165) is 43.7 Å². The second kappa shape index (κ2) is 4.37. The number of fused-ring (bicyclic) bond motifs is 1. The lowest BCUT2D eigenvalue weighted by Gasteiger charge is -2.20. The Hall–Kier alpha value is -0.840. The molecule has 2 atom stereocenters. The van der Waals surface area contributed by atoms with E-state index in [1.807, 2.05) is 6.20 Å². The summed E-state index contributed by atoms with van der Waals surface area (Å²) < 4.78 is 26.4. The third-order valence-electron chi connectivity index (χ3n) is 4.21. The minimum Gasteiger partial charge on any atom is -0.334 e. The SMILES string of the molecule is CC1CCCn2cc(C3CCCCS3(=O)=O)nc21. The molecule has 100 valence electrons. The fourth-order valence-electron chi connectivity index (χ4n) is 3.16. The summed E-state index contributed by atoms with van der Waals surface area (Å²) in [6.45, 7) is 3.16. The molecule has 2 aliphatic heterocycles. The van der Waals surface area contributed by atoms with Crippen molar-refractivity contribution in [2.24, 2.45) is 0 Å². The molecule has 2 unspecified atom stereocenters. The Morgan fingerprint density at radius 2 is 2.11 bits per heavy atom. The minimum absolute atomic E-state index is 0.329. The lowest BCUT2D eigenvalue weighted by atomic mass is 10.0. The van der Waals surface area contributed by atoms with Crippen molar-refractivity contribution in [1.29, 1.82) is 0 Å². The summed E-state index contributed by atoms with van der Waals surface area (Å²) in [5.74, 6) is 1.87. The Bertz CT molecular complexity index is 547. The standard InChI is InChI=1S/C13H20N2O2S/c1-10-5-4-7-15-9-11(14-13(10)15)12-6-2-3-8-18(12,16)17/h9-10,12H,2-8H2,1H3. The van der Waals surface area contributed by atoms with Crippen molar-refractivity contribution in [2.45, 2.75) is 56.7 Å². The van der Waals surface area contributed by atoms with E-state index < -0.39 is 9.84 Å². The number of hydrogen-bond donors (Lipinski definition) is 0. The molecule has 0 aromatic carbocycles. The molecule has 0 saturated carbocycles. The van der Waals surface area contributed by atoms with Gasteiger partial charge in [0.1, 0.15) is 11.1 Å². The van der Waals surface area contributed by atoms with Crippen LogP contribution >= 0.6 is 0 Å². The Morgan fingerprint density at radius 1 is 1.28 bits per heavy atom. The summed E-state index contributed by atoms with van der Waals surface area (Å²) in [6, 6.07) is 0. The van der Waals surface area contributed by atoms with Gasteiger partial charge in [-0.05, 0) is 25.7 Å². The van der Waals surface area contributed by atoms with Crippen LogP contribution < -0.4 is 0 Å². The number of aromatic nitrogens is 2. The molecular formula is C13H20N2O2S. The summed E-state index contributed by atoms with van der Waals surface area (Å²) in [5.41, 5.74) is 0.790. The molecule has 1 aromatic rings. The normalized spacial score (nSPS) is 30.9. The maximum absolute atomic E-state index is 12.1. The van der Waals surface area contributed by atoms with Crippen LogP contribution in [0.1, 0.15) is 61.7 Å². The molecule has 5 heteroatoms. The van der Waals surface area contributed by atoms with Crippen LogP contribution in [-0.2, 0) is 16.4 Å². The average Bonchev–Trinajstić information content (AvgIpc) is 2.73. The van der Waals surface area contributed by atoms with Gasteiger partial charge in [0.15, 0.2) is 9.84 Å². The Labute approximate surface area is 108 Å². The minimum atomic E-state index is -2.97. The van der Waals surface area contributed by atoms with Crippen molar-refractivity contribution in [1.82, 2.24) is 9.55 Å². The predicted octanol–water partition coefficient (Wildman–Crippen LogP) is 2.42. The first-order valence-electron chi connectivity index (χ1n) is 6.86. The Kier molecular flexibility index (Phi) is 2.96. The Morgan fingerprint density at radius 3 is 2.83 bits per heavy atom. The van der Waals surface area contributed by atoms with Crippen molar-refractivity contribution < 1.29 is 8.42 Å². The maximum Gasteiger partial charge on any atom is 0.158 e. The smallest absolute Gasteiger partial charge is 0.158 e. The summed E-state index contributed by atoms with van der Waals surface area (Å²) >= 11 is 0. The molecular weight excluding hydrogens is 248 g/mol. The summed E-state index contributed by atoms with van der Waals surface area (Å²) in [4.78, 5) is 4.63. The lowest BCUT2D eigenvalue weighted by Crippen LogP contribution is -2.21. The van der Waals surface area contributed by atoms with Crippen LogP contribution in [-0.4, -0.2) is 23.7 Å². The van der Waals surface area contributed by atoms with Gasteiger partial charge in [-0.1, -0.05) is 13.3 Å². The zero-order valence-corrected chi connectivity index (χ0v) is 11.6. The number of nitrogens with zero attached hydrogens (tertiary/aromatic N) is 2. The molecule has 0 aliphatic carbocycles. The van der Waals surface area contributed by atoms with Gasteiger partial charge in [0, 0.05) is 18.7 Å². The molecule has 3 heterocycles. The zero-order valence-electron chi connectivity index (χ0n) is 10.8. The van der Waals surface area contributed by atoms with Crippen LogP contribution in [0.5, 0.6) is 0 Å². The molecule has 1 saturated heterocycles. The van der Waals surface area contributed by atoms with Crippen LogP contribution in [0.25, 0.3) is 0 Å². The van der Waals surface area contributed by atoms with E-state index in [0.29, 0.717) is 11.7 Å². The van der Waals surface area contributed by atoms with E-state index in [9.17, 15) is 8.42 Å². The average molecular weight is 268 g/mol. The molecule has 3 rings (SSSR count). The number of rotatable bonds is 1. The molecule has 0 N–H and O–H groups in total. The topological polar surface area (TPSA) is 52.0 Å². The van der Waals surface area contributed by atoms with E-state index >= 15 is 0 Å². The van der Waals surface area contributed by atoms with E-state index in [4.69, 9.17) is 0 Å². The molecule has 18 heavy (non-hydrogen) atoms. The molecule has 0 bridgehead atoms. The van der Waals surface area contributed by atoms with E-state index in [1.54, 1.807) is 0 Å². The Balaban J connectivity index is 1.97. The highest BCUT2D eigenvalue weighted by atomic mass is 32.2. The highest BCUT2D eigenvalue weighted by molar-refractivity contribution is 7.91. The maximum atomic E-state index is 12.1.